The number of carbonyl (C=O) groups is 2. The number of fused-ring (bicyclic) bond motifs is 1. The fourth-order valence-corrected chi connectivity index (χ4v) is 3.67. The Labute approximate surface area is 142 Å². The molecule has 1 amide bonds. The highest BCUT2D eigenvalue weighted by molar-refractivity contribution is 5.89. The summed E-state index contributed by atoms with van der Waals surface area (Å²) in [6.45, 7) is 0.702. The number of ether oxygens (including phenoxy) is 2. The van der Waals surface area contributed by atoms with Crippen LogP contribution in [0.4, 0.5) is 10.5 Å². The molecule has 0 saturated heterocycles. The van der Waals surface area contributed by atoms with Crippen LogP contribution < -0.4 is 4.90 Å². The van der Waals surface area contributed by atoms with Gasteiger partial charge in [0.25, 0.3) is 0 Å². The number of carbonyl (C=O) groups excluding carboxylic acids is 2. The molecule has 2 aliphatic rings. The van der Waals surface area contributed by atoms with Crippen molar-refractivity contribution in [2.75, 3.05) is 18.6 Å². The molecule has 0 atom stereocenters. The van der Waals surface area contributed by atoms with E-state index in [0.29, 0.717) is 6.54 Å². The number of aryl methyl sites for hydroxylation is 1. The monoisotopic (exact) mass is 331 g/mol. The molecule has 5 heteroatoms. The van der Waals surface area contributed by atoms with Crippen LogP contribution in [0.3, 0.4) is 0 Å². The van der Waals surface area contributed by atoms with Crippen molar-refractivity contribution in [3.63, 3.8) is 0 Å². The first kappa shape index (κ1) is 16.8. The van der Waals surface area contributed by atoms with E-state index >= 15 is 0 Å². The Hall–Kier alpha value is -2.04. The van der Waals surface area contributed by atoms with Gasteiger partial charge in [0.05, 0.1) is 18.7 Å². The molecule has 5 nitrogen and oxygen atoms in total. The third-order valence-electron chi connectivity index (χ3n) is 5.06. The Balaban J connectivity index is 1.61. The van der Waals surface area contributed by atoms with Crippen LogP contribution >= 0.6 is 0 Å². The quantitative estimate of drug-likeness (QED) is 0.776. The molecule has 1 aromatic rings. The van der Waals surface area contributed by atoms with Crippen LogP contribution in [0.5, 0.6) is 0 Å². The standard InChI is InChI=1S/C19H25NO4/c1-23-18(21)15-9-11-16(12-10-15)24-19(22)20-13-5-4-7-14-6-2-3-8-17(14)20/h2-3,6,8,15-16H,4-5,7,9-13H2,1H3. The van der Waals surface area contributed by atoms with E-state index in [4.69, 9.17) is 9.47 Å². The summed E-state index contributed by atoms with van der Waals surface area (Å²) in [5.41, 5.74) is 2.18. The zero-order chi connectivity index (χ0) is 16.9. The average Bonchev–Trinajstić information content (AvgIpc) is 2.84. The van der Waals surface area contributed by atoms with Crippen molar-refractivity contribution in [3.8, 4) is 0 Å². The van der Waals surface area contributed by atoms with Gasteiger partial charge in [-0.3, -0.25) is 9.69 Å². The minimum atomic E-state index is -0.258. The fourth-order valence-electron chi connectivity index (χ4n) is 3.67. The lowest BCUT2D eigenvalue weighted by Gasteiger charge is -2.29. The van der Waals surface area contributed by atoms with Gasteiger partial charge in [-0.05, 0) is 56.6 Å². The maximum absolute atomic E-state index is 12.7. The Morgan fingerprint density at radius 2 is 1.83 bits per heavy atom. The second-order valence-electron chi connectivity index (χ2n) is 6.62. The number of benzene rings is 1. The zero-order valence-corrected chi connectivity index (χ0v) is 14.2. The Morgan fingerprint density at radius 1 is 1.08 bits per heavy atom. The van der Waals surface area contributed by atoms with E-state index in [9.17, 15) is 9.59 Å². The first-order valence-corrected chi connectivity index (χ1v) is 8.83. The lowest BCUT2D eigenvalue weighted by molar-refractivity contribution is -0.147. The number of hydrogen-bond donors (Lipinski definition) is 0. The molecule has 130 valence electrons. The predicted octanol–water partition coefficient (Wildman–Crippen LogP) is 3.70. The van der Waals surface area contributed by atoms with Crippen molar-refractivity contribution in [1.82, 2.24) is 0 Å². The number of methoxy groups -OCH3 is 1. The number of esters is 1. The summed E-state index contributed by atoms with van der Waals surface area (Å²) in [4.78, 5) is 26.0. The highest BCUT2D eigenvalue weighted by Crippen LogP contribution is 2.30. The van der Waals surface area contributed by atoms with Gasteiger partial charge in [0, 0.05) is 6.54 Å². The minimum absolute atomic E-state index is 0.0520. The van der Waals surface area contributed by atoms with Crippen molar-refractivity contribution in [1.29, 1.82) is 0 Å². The molecule has 1 aliphatic carbocycles. The molecule has 0 N–H and O–H groups in total. The first-order chi connectivity index (χ1) is 11.7. The van der Waals surface area contributed by atoms with Gasteiger partial charge >= 0.3 is 12.1 Å². The average molecular weight is 331 g/mol. The summed E-state index contributed by atoms with van der Waals surface area (Å²) < 4.78 is 10.5. The van der Waals surface area contributed by atoms with E-state index in [1.54, 1.807) is 4.90 Å². The van der Waals surface area contributed by atoms with Gasteiger partial charge in [0.1, 0.15) is 6.10 Å². The van der Waals surface area contributed by atoms with E-state index in [2.05, 4.69) is 6.07 Å². The van der Waals surface area contributed by atoms with Crippen molar-refractivity contribution < 1.29 is 19.1 Å². The number of anilines is 1. The normalized spacial score (nSPS) is 23.8. The van der Waals surface area contributed by atoms with Crippen LogP contribution in [0, 0.1) is 5.92 Å². The molecule has 0 bridgehead atoms. The number of hydrogen-bond acceptors (Lipinski definition) is 4. The van der Waals surface area contributed by atoms with E-state index < -0.39 is 0 Å². The smallest absolute Gasteiger partial charge is 0.414 e. The lowest BCUT2D eigenvalue weighted by atomic mass is 9.87. The summed E-state index contributed by atoms with van der Waals surface area (Å²) >= 11 is 0. The number of para-hydroxylation sites is 1. The molecule has 0 radical (unpaired) electrons. The van der Waals surface area contributed by atoms with Gasteiger partial charge in [-0.2, -0.15) is 0 Å². The molecule has 0 spiro atoms. The topological polar surface area (TPSA) is 55.8 Å². The van der Waals surface area contributed by atoms with E-state index in [1.165, 1.54) is 12.7 Å². The highest BCUT2D eigenvalue weighted by atomic mass is 16.6. The van der Waals surface area contributed by atoms with Crippen molar-refractivity contribution in [2.24, 2.45) is 5.92 Å². The predicted molar refractivity (Wildman–Crippen MR) is 91.0 cm³/mol. The fraction of sp³-hybridized carbons (Fsp3) is 0.579. The molecule has 0 unspecified atom stereocenters. The van der Waals surface area contributed by atoms with Crippen LogP contribution in [0.1, 0.15) is 44.1 Å². The molecular weight excluding hydrogens is 306 g/mol. The van der Waals surface area contributed by atoms with Gasteiger partial charge in [0.15, 0.2) is 0 Å². The van der Waals surface area contributed by atoms with E-state index in [1.807, 2.05) is 18.2 Å². The number of rotatable bonds is 2. The van der Waals surface area contributed by atoms with Gasteiger partial charge in [-0.1, -0.05) is 18.2 Å². The Morgan fingerprint density at radius 3 is 2.58 bits per heavy atom. The van der Waals surface area contributed by atoms with Crippen LogP contribution in [-0.4, -0.2) is 31.8 Å². The SMILES string of the molecule is COC(=O)C1CCC(OC(=O)N2CCCCc3ccccc32)CC1. The Kier molecular flexibility index (Phi) is 5.38. The summed E-state index contributed by atoms with van der Waals surface area (Å²) in [5, 5.41) is 0. The molecule has 0 aromatic heterocycles. The molecule has 1 heterocycles. The summed E-state index contributed by atoms with van der Waals surface area (Å²) in [6, 6.07) is 8.06. The largest absolute Gasteiger partial charge is 0.469 e. The first-order valence-electron chi connectivity index (χ1n) is 8.83. The van der Waals surface area contributed by atoms with Crippen molar-refractivity contribution in [3.05, 3.63) is 29.8 Å². The summed E-state index contributed by atoms with van der Waals surface area (Å²) in [5.74, 6) is -0.204. The second-order valence-corrected chi connectivity index (χ2v) is 6.62. The van der Waals surface area contributed by atoms with Crippen molar-refractivity contribution in [2.45, 2.75) is 51.0 Å². The van der Waals surface area contributed by atoms with E-state index in [-0.39, 0.29) is 24.1 Å². The van der Waals surface area contributed by atoms with Gasteiger partial charge in [-0.15, -0.1) is 0 Å². The van der Waals surface area contributed by atoms with Gasteiger partial charge in [0.2, 0.25) is 0 Å². The lowest BCUT2D eigenvalue weighted by Crippen LogP contribution is -2.37. The minimum Gasteiger partial charge on any atom is -0.469 e. The molecule has 1 fully saturated rings. The molecule has 1 saturated carbocycles. The second kappa shape index (κ2) is 7.69. The number of amides is 1. The Bertz CT molecular complexity index is 593. The van der Waals surface area contributed by atoms with Crippen LogP contribution in [0.15, 0.2) is 24.3 Å². The molecule has 1 aliphatic heterocycles. The molecular formula is C19H25NO4. The maximum atomic E-state index is 12.7. The molecule has 3 rings (SSSR count). The maximum Gasteiger partial charge on any atom is 0.414 e. The number of nitrogens with zero attached hydrogens (tertiary/aromatic N) is 1. The molecule has 24 heavy (non-hydrogen) atoms. The van der Waals surface area contributed by atoms with Crippen LogP contribution in [0.25, 0.3) is 0 Å². The van der Waals surface area contributed by atoms with Gasteiger partial charge < -0.3 is 9.47 Å². The van der Waals surface area contributed by atoms with Gasteiger partial charge in [-0.25, -0.2) is 4.79 Å². The molecule has 1 aromatic carbocycles. The third-order valence-corrected chi connectivity index (χ3v) is 5.06. The summed E-state index contributed by atoms with van der Waals surface area (Å²) in [7, 11) is 1.42. The highest BCUT2D eigenvalue weighted by Gasteiger charge is 2.30. The van der Waals surface area contributed by atoms with Crippen molar-refractivity contribution >= 4 is 17.7 Å². The van der Waals surface area contributed by atoms with Crippen LogP contribution in [0.2, 0.25) is 0 Å². The van der Waals surface area contributed by atoms with E-state index in [0.717, 1.165) is 50.6 Å². The van der Waals surface area contributed by atoms with Crippen LogP contribution in [-0.2, 0) is 20.7 Å². The zero-order valence-electron chi connectivity index (χ0n) is 14.2. The summed E-state index contributed by atoms with van der Waals surface area (Å²) in [6.07, 6.45) is 5.61. The third kappa shape index (κ3) is 3.71.